The molecule has 1 heterocycles. The number of nitrogens with one attached hydrogen (secondary N) is 1. The molecule has 0 aromatic heterocycles. The second kappa shape index (κ2) is 31.2. The third kappa shape index (κ3) is 26.3. The van der Waals surface area contributed by atoms with E-state index in [4.69, 9.17) is 38.9 Å². The Morgan fingerprint density at radius 3 is 1.28 bits per heavy atom. The zero-order valence-corrected chi connectivity index (χ0v) is 29.2. The van der Waals surface area contributed by atoms with Crippen LogP contribution in [0.2, 0.25) is 0 Å². The predicted molar refractivity (Wildman–Crippen MR) is 178 cm³/mol. The van der Waals surface area contributed by atoms with Crippen LogP contribution in [0.15, 0.2) is 0 Å². The molecule has 1 unspecified atom stereocenters. The van der Waals surface area contributed by atoms with E-state index in [0.717, 1.165) is 0 Å². The van der Waals surface area contributed by atoms with Gasteiger partial charge in [0.1, 0.15) is 6.04 Å². The summed E-state index contributed by atoms with van der Waals surface area (Å²) in [5, 5.41) is 31.1. The molecule has 0 aliphatic carbocycles. The van der Waals surface area contributed by atoms with Gasteiger partial charge >= 0.3 is 17.9 Å². The molecule has 292 valence electrons. The number of nitrogens with zero attached hydrogens (tertiary/aromatic N) is 3. The SMILES string of the molecule is NCCOCCOCCOCCOCCOCCOCCOCCNC(=O)CCC(C(=O)O)N1CCN(CC(=O)O)CCN(CC(=O)O)CC1. The van der Waals surface area contributed by atoms with Crippen molar-refractivity contribution < 1.29 is 67.7 Å². The molecule has 1 aliphatic heterocycles. The van der Waals surface area contributed by atoms with Crippen molar-refractivity contribution in [3.05, 3.63) is 0 Å². The lowest BCUT2D eigenvalue weighted by atomic mass is 10.1. The van der Waals surface area contributed by atoms with Gasteiger partial charge < -0.3 is 59.5 Å². The van der Waals surface area contributed by atoms with Crippen molar-refractivity contribution >= 4 is 23.8 Å². The summed E-state index contributed by atoms with van der Waals surface area (Å²) < 4.78 is 37.8. The number of carbonyl (C=O) groups excluding carboxylic acids is 1. The highest BCUT2D eigenvalue weighted by atomic mass is 16.6. The van der Waals surface area contributed by atoms with Crippen molar-refractivity contribution in [2.24, 2.45) is 5.73 Å². The number of carbonyl (C=O) groups is 4. The molecule has 50 heavy (non-hydrogen) atoms. The second-order valence-electron chi connectivity index (χ2n) is 11.2. The van der Waals surface area contributed by atoms with E-state index in [0.29, 0.717) is 119 Å². The molecule has 0 aromatic rings. The van der Waals surface area contributed by atoms with Gasteiger partial charge in [-0.25, -0.2) is 0 Å². The molecule has 1 atom stereocenters. The first kappa shape index (κ1) is 45.5. The van der Waals surface area contributed by atoms with E-state index in [9.17, 15) is 34.5 Å². The fourth-order valence-electron chi connectivity index (χ4n) is 4.75. The molecule has 0 radical (unpaired) electrons. The Bertz CT molecular complexity index is 878. The van der Waals surface area contributed by atoms with Gasteiger partial charge in [-0.2, -0.15) is 0 Å². The molecule has 1 rings (SSSR count). The van der Waals surface area contributed by atoms with Crippen LogP contribution in [0.4, 0.5) is 0 Å². The Morgan fingerprint density at radius 1 is 0.560 bits per heavy atom. The van der Waals surface area contributed by atoms with Crippen LogP contribution in [0, 0.1) is 0 Å². The minimum Gasteiger partial charge on any atom is -0.480 e. The van der Waals surface area contributed by atoms with E-state index in [1.54, 1.807) is 14.7 Å². The molecule has 0 aromatic carbocycles. The van der Waals surface area contributed by atoms with Crippen molar-refractivity contribution in [3.8, 4) is 0 Å². The lowest BCUT2D eigenvalue weighted by Gasteiger charge is -2.30. The molecule has 0 bridgehead atoms. The van der Waals surface area contributed by atoms with Gasteiger partial charge in [0.25, 0.3) is 0 Å². The summed E-state index contributed by atoms with van der Waals surface area (Å²) in [7, 11) is 0. The maximum Gasteiger partial charge on any atom is 0.320 e. The van der Waals surface area contributed by atoms with Gasteiger partial charge in [-0.3, -0.25) is 33.9 Å². The molecule has 1 aliphatic rings. The predicted octanol–water partition coefficient (Wildman–Crippen LogP) is -2.50. The van der Waals surface area contributed by atoms with Gasteiger partial charge in [0.15, 0.2) is 0 Å². The normalized spacial score (nSPS) is 15.6. The van der Waals surface area contributed by atoms with Crippen LogP contribution in [0.1, 0.15) is 12.8 Å². The van der Waals surface area contributed by atoms with E-state index in [-0.39, 0.29) is 58.1 Å². The standard InChI is InChI=1S/C31H59N5O14/c32-3-11-44-13-15-46-17-19-48-21-23-50-24-22-49-20-18-47-16-14-45-12-4-33-28(37)2-1-27(31(42)43)36-9-7-34(25-29(38)39)5-6-35(8-10-36)26-30(40)41/h27H,1-26,32H2,(H,33,37)(H,38,39)(H,40,41)(H,42,43). The van der Waals surface area contributed by atoms with Gasteiger partial charge in [0.05, 0.1) is 106 Å². The molecular formula is C31H59N5O14. The number of amides is 1. The van der Waals surface area contributed by atoms with Crippen LogP contribution in [0.25, 0.3) is 0 Å². The summed E-state index contributed by atoms with van der Waals surface area (Å²) in [6.07, 6.45) is 0.00921. The largest absolute Gasteiger partial charge is 0.480 e. The maximum atomic E-state index is 12.4. The van der Waals surface area contributed by atoms with E-state index >= 15 is 0 Å². The number of ether oxygens (including phenoxy) is 7. The van der Waals surface area contributed by atoms with Crippen LogP contribution >= 0.6 is 0 Å². The van der Waals surface area contributed by atoms with Crippen LogP contribution in [0.3, 0.4) is 0 Å². The maximum absolute atomic E-state index is 12.4. The zero-order chi connectivity index (χ0) is 36.7. The summed E-state index contributed by atoms with van der Waals surface area (Å²) in [5.41, 5.74) is 5.32. The summed E-state index contributed by atoms with van der Waals surface area (Å²) in [6.45, 7) is 8.23. The van der Waals surface area contributed by atoms with Crippen molar-refractivity contribution in [1.29, 1.82) is 0 Å². The number of hydrogen-bond donors (Lipinski definition) is 5. The molecule has 19 nitrogen and oxygen atoms in total. The topological polar surface area (TPSA) is 241 Å². The van der Waals surface area contributed by atoms with Crippen LogP contribution in [0.5, 0.6) is 0 Å². The molecular weight excluding hydrogens is 666 g/mol. The highest BCUT2D eigenvalue weighted by Gasteiger charge is 2.28. The van der Waals surface area contributed by atoms with Gasteiger partial charge in [-0.1, -0.05) is 0 Å². The van der Waals surface area contributed by atoms with Gasteiger partial charge in [0.2, 0.25) is 5.91 Å². The minimum absolute atomic E-state index is 0.0322. The number of aliphatic carboxylic acids is 3. The first-order valence-corrected chi connectivity index (χ1v) is 17.1. The van der Waals surface area contributed by atoms with E-state index in [2.05, 4.69) is 5.32 Å². The third-order valence-electron chi connectivity index (χ3n) is 7.29. The van der Waals surface area contributed by atoms with Gasteiger partial charge in [-0.05, 0) is 6.42 Å². The van der Waals surface area contributed by atoms with Gasteiger partial charge in [-0.15, -0.1) is 0 Å². The third-order valence-corrected chi connectivity index (χ3v) is 7.29. The average molecular weight is 726 g/mol. The number of hydrogen-bond acceptors (Lipinski definition) is 15. The molecule has 1 saturated heterocycles. The Kier molecular flexibility index (Phi) is 28.4. The molecule has 1 amide bonds. The fourth-order valence-corrected chi connectivity index (χ4v) is 4.75. The quantitative estimate of drug-likeness (QED) is 0.0450. The van der Waals surface area contributed by atoms with Crippen molar-refractivity contribution in [2.45, 2.75) is 18.9 Å². The van der Waals surface area contributed by atoms with Crippen LogP contribution in [-0.2, 0) is 52.3 Å². The van der Waals surface area contributed by atoms with Crippen molar-refractivity contribution in [2.75, 3.05) is 158 Å². The van der Waals surface area contributed by atoms with Crippen molar-refractivity contribution in [3.63, 3.8) is 0 Å². The van der Waals surface area contributed by atoms with E-state index < -0.39 is 23.9 Å². The molecule has 19 heteroatoms. The molecule has 6 N–H and O–H groups in total. The second-order valence-corrected chi connectivity index (χ2v) is 11.2. The highest BCUT2D eigenvalue weighted by Crippen LogP contribution is 2.11. The summed E-state index contributed by atoms with van der Waals surface area (Å²) >= 11 is 0. The molecule has 0 spiro atoms. The summed E-state index contributed by atoms with van der Waals surface area (Å²) in [4.78, 5) is 52.1. The molecule has 1 fully saturated rings. The highest BCUT2D eigenvalue weighted by molar-refractivity contribution is 5.78. The number of rotatable bonds is 32. The van der Waals surface area contributed by atoms with Crippen LogP contribution in [-0.4, -0.2) is 218 Å². The lowest BCUT2D eigenvalue weighted by Crippen LogP contribution is -2.47. The summed E-state index contributed by atoms with van der Waals surface area (Å²) in [5.74, 6) is -3.47. The zero-order valence-electron chi connectivity index (χ0n) is 29.2. The Labute approximate surface area is 294 Å². The lowest BCUT2D eigenvalue weighted by molar-refractivity contribution is -0.144. The fraction of sp³-hybridized carbons (Fsp3) is 0.871. The smallest absolute Gasteiger partial charge is 0.320 e. The van der Waals surface area contributed by atoms with Gasteiger partial charge in [0, 0.05) is 58.8 Å². The Balaban J connectivity index is 2.09. The van der Waals surface area contributed by atoms with E-state index in [1.807, 2.05) is 0 Å². The monoisotopic (exact) mass is 725 g/mol. The number of carboxylic acid groups (broad SMARTS) is 3. The minimum atomic E-state index is -1.10. The first-order valence-electron chi connectivity index (χ1n) is 17.1. The first-order chi connectivity index (χ1) is 24.2. The summed E-state index contributed by atoms with van der Waals surface area (Å²) in [6, 6.07) is -0.990. The van der Waals surface area contributed by atoms with Crippen molar-refractivity contribution in [1.82, 2.24) is 20.0 Å². The Morgan fingerprint density at radius 2 is 0.920 bits per heavy atom. The Hall–Kier alpha value is -2.56. The van der Waals surface area contributed by atoms with E-state index in [1.165, 1.54) is 0 Å². The number of nitrogens with two attached hydrogens (primary N) is 1. The number of carboxylic acids is 3. The van der Waals surface area contributed by atoms with Crippen LogP contribution < -0.4 is 11.1 Å². The molecule has 0 saturated carbocycles. The average Bonchev–Trinajstić information content (AvgIpc) is 3.15.